The van der Waals surface area contributed by atoms with Crippen LogP contribution in [0.5, 0.6) is 0 Å². The van der Waals surface area contributed by atoms with Crippen molar-refractivity contribution in [3.63, 3.8) is 0 Å². The minimum Gasteiger partial charge on any atom is -0.326 e. The molecule has 0 aliphatic heterocycles. The normalized spacial score (nSPS) is 11.1. The van der Waals surface area contributed by atoms with Gasteiger partial charge < -0.3 is 9.88 Å². The molecule has 1 N–H and O–H groups in total. The van der Waals surface area contributed by atoms with Gasteiger partial charge in [-0.05, 0) is 35.9 Å². The van der Waals surface area contributed by atoms with Gasteiger partial charge in [0.15, 0.2) is 0 Å². The molecule has 0 atom stereocenters. The zero-order valence-corrected chi connectivity index (χ0v) is 13.6. The molecular formula is C17H18BrN3. The Morgan fingerprint density at radius 1 is 1.19 bits per heavy atom. The van der Waals surface area contributed by atoms with Crippen LogP contribution < -0.4 is 5.32 Å². The number of nitrogens with zero attached hydrogens (tertiary/aromatic N) is 2. The van der Waals surface area contributed by atoms with Crippen LogP contribution in [0, 0.1) is 0 Å². The number of hydrogen-bond donors (Lipinski definition) is 1. The van der Waals surface area contributed by atoms with Crippen molar-refractivity contribution >= 4 is 27.0 Å². The lowest BCUT2D eigenvalue weighted by Gasteiger charge is -2.09. The van der Waals surface area contributed by atoms with Gasteiger partial charge in [0.25, 0.3) is 0 Å². The molecule has 1 aromatic heterocycles. The quantitative estimate of drug-likeness (QED) is 0.759. The van der Waals surface area contributed by atoms with Crippen LogP contribution >= 0.6 is 15.9 Å². The summed E-state index contributed by atoms with van der Waals surface area (Å²) in [5.74, 6) is 0. The van der Waals surface area contributed by atoms with Crippen molar-refractivity contribution < 1.29 is 0 Å². The highest BCUT2D eigenvalue weighted by atomic mass is 79.9. The molecule has 2 aromatic carbocycles. The van der Waals surface area contributed by atoms with Crippen LogP contribution in [0.15, 0.2) is 53.3 Å². The number of hydrogen-bond acceptors (Lipinski definition) is 2. The molecule has 0 aliphatic rings. The molecule has 3 rings (SSSR count). The summed E-state index contributed by atoms with van der Waals surface area (Å²) >= 11 is 3.69. The molecule has 0 radical (unpaired) electrons. The second-order valence-electron chi connectivity index (χ2n) is 5.07. The van der Waals surface area contributed by atoms with E-state index in [0.717, 1.165) is 29.6 Å². The first-order chi connectivity index (χ1) is 10.3. The molecule has 0 saturated carbocycles. The Morgan fingerprint density at radius 2 is 2.05 bits per heavy atom. The van der Waals surface area contributed by atoms with Crippen molar-refractivity contribution in [1.82, 2.24) is 14.9 Å². The Labute approximate surface area is 133 Å². The molecule has 0 fully saturated rings. The number of nitrogens with one attached hydrogen (secondary N) is 1. The van der Waals surface area contributed by atoms with E-state index in [1.54, 1.807) is 0 Å². The molecule has 0 unspecified atom stereocenters. The van der Waals surface area contributed by atoms with Crippen LogP contribution in [0.1, 0.15) is 18.1 Å². The van der Waals surface area contributed by atoms with E-state index in [9.17, 15) is 0 Å². The monoisotopic (exact) mass is 343 g/mol. The Morgan fingerprint density at radius 3 is 2.86 bits per heavy atom. The van der Waals surface area contributed by atoms with Crippen LogP contribution in [0.4, 0.5) is 0 Å². The zero-order valence-electron chi connectivity index (χ0n) is 12.0. The van der Waals surface area contributed by atoms with Gasteiger partial charge in [0.05, 0.1) is 23.9 Å². The van der Waals surface area contributed by atoms with E-state index in [1.807, 2.05) is 18.5 Å². The highest BCUT2D eigenvalue weighted by Gasteiger charge is 2.06. The lowest BCUT2D eigenvalue weighted by molar-refractivity contribution is 0.725. The van der Waals surface area contributed by atoms with E-state index < -0.39 is 0 Å². The first kappa shape index (κ1) is 14.3. The maximum atomic E-state index is 4.44. The first-order valence-corrected chi connectivity index (χ1v) is 7.95. The number of fused-ring (bicyclic) bond motifs is 1. The molecule has 1 heterocycles. The fourth-order valence-electron chi connectivity index (χ4n) is 2.42. The van der Waals surface area contributed by atoms with Crippen molar-refractivity contribution in [2.75, 3.05) is 6.54 Å². The SMILES string of the molecule is CCNCc1ccc(Cn2cnc3ccccc32)c(Br)c1. The van der Waals surface area contributed by atoms with Crippen molar-refractivity contribution in [3.8, 4) is 0 Å². The lowest BCUT2D eigenvalue weighted by Crippen LogP contribution is -2.11. The summed E-state index contributed by atoms with van der Waals surface area (Å²) in [7, 11) is 0. The number of imidazole rings is 1. The average Bonchev–Trinajstić information content (AvgIpc) is 2.91. The Hall–Kier alpha value is -1.65. The summed E-state index contributed by atoms with van der Waals surface area (Å²) in [6, 6.07) is 14.8. The van der Waals surface area contributed by atoms with E-state index >= 15 is 0 Å². The largest absolute Gasteiger partial charge is 0.326 e. The number of para-hydroxylation sites is 2. The molecule has 4 heteroatoms. The number of aromatic nitrogens is 2. The van der Waals surface area contributed by atoms with Gasteiger partial charge >= 0.3 is 0 Å². The maximum Gasteiger partial charge on any atom is 0.0961 e. The van der Waals surface area contributed by atoms with Gasteiger partial charge in [0, 0.05) is 11.0 Å². The van der Waals surface area contributed by atoms with Gasteiger partial charge in [-0.1, -0.05) is 47.1 Å². The number of benzene rings is 2. The van der Waals surface area contributed by atoms with Gasteiger partial charge in [0.1, 0.15) is 0 Å². The van der Waals surface area contributed by atoms with Gasteiger partial charge in [-0.2, -0.15) is 0 Å². The Kier molecular flexibility index (Phi) is 4.36. The summed E-state index contributed by atoms with van der Waals surface area (Å²) < 4.78 is 3.33. The van der Waals surface area contributed by atoms with E-state index in [-0.39, 0.29) is 0 Å². The molecule has 0 spiro atoms. The fraction of sp³-hybridized carbons (Fsp3) is 0.235. The third-order valence-corrected chi connectivity index (χ3v) is 4.30. The predicted octanol–water partition coefficient (Wildman–Crippen LogP) is 3.96. The van der Waals surface area contributed by atoms with Crippen molar-refractivity contribution in [1.29, 1.82) is 0 Å². The van der Waals surface area contributed by atoms with Crippen LogP contribution in [-0.2, 0) is 13.1 Å². The van der Waals surface area contributed by atoms with Gasteiger partial charge in [0.2, 0.25) is 0 Å². The van der Waals surface area contributed by atoms with Crippen LogP contribution in [0.3, 0.4) is 0 Å². The molecule has 21 heavy (non-hydrogen) atoms. The topological polar surface area (TPSA) is 29.9 Å². The maximum absolute atomic E-state index is 4.44. The van der Waals surface area contributed by atoms with Crippen LogP contribution in [-0.4, -0.2) is 16.1 Å². The molecule has 0 aliphatic carbocycles. The van der Waals surface area contributed by atoms with E-state index in [0.29, 0.717) is 0 Å². The van der Waals surface area contributed by atoms with Gasteiger partial charge in [-0.15, -0.1) is 0 Å². The van der Waals surface area contributed by atoms with E-state index in [2.05, 4.69) is 68.1 Å². The summed E-state index contributed by atoms with van der Waals surface area (Å²) in [5, 5.41) is 3.34. The highest BCUT2D eigenvalue weighted by Crippen LogP contribution is 2.21. The Balaban J connectivity index is 1.84. The molecule has 3 nitrogen and oxygen atoms in total. The van der Waals surface area contributed by atoms with Crippen molar-refractivity contribution in [2.45, 2.75) is 20.0 Å². The zero-order chi connectivity index (χ0) is 14.7. The fourth-order valence-corrected chi connectivity index (χ4v) is 2.97. The van der Waals surface area contributed by atoms with Crippen LogP contribution in [0.2, 0.25) is 0 Å². The average molecular weight is 344 g/mol. The summed E-state index contributed by atoms with van der Waals surface area (Å²) in [6.45, 7) is 4.83. The van der Waals surface area contributed by atoms with E-state index in [4.69, 9.17) is 0 Å². The van der Waals surface area contributed by atoms with E-state index in [1.165, 1.54) is 16.6 Å². The highest BCUT2D eigenvalue weighted by molar-refractivity contribution is 9.10. The molecule has 0 saturated heterocycles. The minimum atomic E-state index is 0.822. The number of rotatable bonds is 5. The van der Waals surface area contributed by atoms with Crippen molar-refractivity contribution in [2.24, 2.45) is 0 Å². The second-order valence-corrected chi connectivity index (χ2v) is 5.92. The first-order valence-electron chi connectivity index (χ1n) is 7.16. The third kappa shape index (κ3) is 3.17. The standard InChI is InChI=1S/C17H18BrN3/c1-2-19-10-13-7-8-14(15(18)9-13)11-21-12-20-16-5-3-4-6-17(16)21/h3-9,12,19H,2,10-11H2,1H3. The minimum absolute atomic E-state index is 0.822. The second kappa shape index (κ2) is 6.41. The Bertz CT molecular complexity index is 749. The molecule has 108 valence electrons. The van der Waals surface area contributed by atoms with Crippen LogP contribution in [0.25, 0.3) is 11.0 Å². The summed E-state index contributed by atoms with van der Waals surface area (Å²) in [6.07, 6.45) is 1.91. The molecule has 0 amide bonds. The summed E-state index contributed by atoms with van der Waals surface area (Å²) in [5.41, 5.74) is 4.76. The third-order valence-electron chi connectivity index (χ3n) is 3.56. The van der Waals surface area contributed by atoms with Gasteiger partial charge in [-0.3, -0.25) is 0 Å². The smallest absolute Gasteiger partial charge is 0.0961 e. The molecular weight excluding hydrogens is 326 g/mol. The van der Waals surface area contributed by atoms with Crippen molar-refractivity contribution in [3.05, 3.63) is 64.4 Å². The predicted molar refractivity (Wildman–Crippen MR) is 90.4 cm³/mol. The number of halogens is 1. The van der Waals surface area contributed by atoms with Gasteiger partial charge in [-0.25, -0.2) is 4.98 Å². The molecule has 3 aromatic rings. The molecule has 0 bridgehead atoms. The summed E-state index contributed by atoms with van der Waals surface area (Å²) in [4.78, 5) is 4.44. The lowest BCUT2D eigenvalue weighted by atomic mass is 10.1.